The molecule has 0 amide bonds. The number of carboxylic acids is 1. The SMILES string of the molecule is O=C(O)/C=C/c1ccccc1.[GeH4]. The van der Waals surface area contributed by atoms with Crippen LogP contribution in [0.15, 0.2) is 36.4 Å². The molecule has 0 radical (unpaired) electrons. The molecule has 0 atom stereocenters. The van der Waals surface area contributed by atoms with Gasteiger partial charge >= 0.3 is 23.6 Å². The third-order valence-corrected chi connectivity index (χ3v) is 1.22. The molecule has 12 heavy (non-hydrogen) atoms. The Morgan fingerprint density at radius 3 is 2.33 bits per heavy atom. The molecular weight excluding hydrogens is 213 g/mol. The molecule has 0 aliphatic carbocycles. The molecule has 0 saturated carbocycles. The second-order valence-electron chi connectivity index (χ2n) is 2.08. The van der Waals surface area contributed by atoms with Gasteiger partial charge in [-0.25, -0.2) is 4.79 Å². The van der Waals surface area contributed by atoms with Crippen LogP contribution in [-0.4, -0.2) is 28.7 Å². The molecular formula is C9H12GeO2. The molecule has 0 saturated heterocycles. The van der Waals surface area contributed by atoms with Crippen molar-refractivity contribution in [3.8, 4) is 0 Å². The van der Waals surface area contributed by atoms with Crippen LogP contribution in [0.5, 0.6) is 0 Å². The van der Waals surface area contributed by atoms with Crippen molar-refractivity contribution in [2.75, 3.05) is 0 Å². The van der Waals surface area contributed by atoms with E-state index in [9.17, 15) is 4.79 Å². The molecule has 1 rings (SSSR count). The molecule has 3 heteroatoms. The van der Waals surface area contributed by atoms with E-state index in [1.165, 1.54) is 0 Å². The fourth-order valence-electron chi connectivity index (χ4n) is 0.732. The van der Waals surface area contributed by atoms with Crippen LogP contribution in [-0.2, 0) is 4.79 Å². The van der Waals surface area contributed by atoms with E-state index in [0.29, 0.717) is 0 Å². The molecule has 64 valence electrons. The van der Waals surface area contributed by atoms with Crippen molar-refractivity contribution in [1.29, 1.82) is 0 Å². The summed E-state index contributed by atoms with van der Waals surface area (Å²) in [5, 5.41) is 8.29. The van der Waals surface area contributed by atoms with Crippen LogP contribution < -0.4 is 0 Å². The minimum absolute atomic E-state index is 0. The number of hydrogen-bond acceptors (Lipinski definition) is 1. The van der Waals surface area contributed by atoms with Crippen LogP contribution in [0.3, 0.4) is 0 Å². The van der Waals surface area contributed by atoms with Gasteiger partial charge in [0.1, 0.15) is 0 Å². The fraction of sp³-hybridized carbons (Fsp3) is 0. The number of carbonyl (C=O) groups is 1. The summed E-state index contributed by atoms with van der Waals surface area (Å²) in [6, 6.07) is 9.31. The number of benzene rings is 1. The van der Waals surface area contributed by atoms with Gasteiger partial charge in [0, 0.05) is 6.08 Å². The molecule has 0 aliphatic rings. The Kier molecular flexibility index (Phi) is 5.12. The summed E-state index contributed by atoms with van der Waals surface area (Å²) in [6.07, 6.45) is 2.68. The van der Waals surface area contributed by atoms with E-state index in [-0.39, 0.29) is 17.6 Å². The molecule has 0 unspecified atom stereocenters. The molecule has 0 heterocycles. The minimum atomic E-state index is -0.922. The number of aliphatic carboxylic acids is 1. The maximum absolute atomic E-state index is 10.1. The van der Waals surface area contributed by atoms with E-state index in [4.69, 9.17) is 5.11 Å². The summed E-state index contributed by atoms with van der Waals surface area (Å²) in [6.45, 7) is 0. The zero-order valence-electron chi connectivity index (χ0n) is 5.90. The number of rotatable bonds is 2. The maximum atomic E-state index is 10.1. The van der Waals surface area contributed by atoms with Gasteiger partial charge < -0.3 is 5.11 Å². The van der Waals surface area contributed by atoms with Crippen molar-refractivity contribution in [3.05, 3.63) is 42.0 Å². The van der Waals surface area contributed by atoms with Crippen molar-refractivity contribution >= 4 is 29.6 Å². The van der Waals surface area contributed by atoms with Gasteiger partial charge in [-0.2, -0.15) is 0 Å². The van der Waals surface area contributed by atoms with Gasteiger partial charge in [0.25, 0.3) is 0 Å². The standard InChI is InChI=1S/C9H8O2.GeH4/c10-9(11)7-6-8-4-2-1-3-5-8;/h1-7H,(H,10,11);1H4/b7-6+;. The van der Waals surface area contributed by atoms with Gasteiger partial charge in [0.05, 0.1) is 0 Å². The fourth-order valence-corrected chi connectivity index (χ4v) is 0.732. The normalized spacial score (nSPS) is 9.33. The van der Waals surface area contributed by atoms with Crippen LogP contribution in [0.25, 0.3) is 6.08 Å². The van der Waals surface area contributed by atoms with E-state index in [2.05, 4.69) is 0 Å². The summed E-state index contributed by atoms with van der Waals surface area (Å²) in [5.74, 6) is -0.922. The predicted octanol–water partition coefficient (Wildman–Crippen LogP) is 0.333. The van der Waals surface area contributed by atoms with Crippen LogP contribution in [0.1, 0.15) is 5.56 Å². The van der Waals surface area contributed by atoms with Gasteiger partial charge in [0.2, 0.25) is 0 Å². The molecule has 0 aliphatic heterocycles. The zero-order chi connectivity index (χ0) is 8.10. The third-order valence-electron chi connectivity index (χ3n) is 1.22. The Balaban J connectivity index is 0.00000121. The van der Waals surface area contributed by atoms with Gasteiger partial charge in [-0.1, -0.05) is 30.3 Å². The van der Waals surface area contributed by atoms with Crippen LogP contribution in [0, 0.1) is 0 Å². The Bertz CT molecular complexity index is 267. The van der Waals surface area contributed by atoms with E-state index >= 15 is 0 Å². The van der Waals surface area contributed by atoms with Gasteiger partial charge in [0.15, 0.2) is 0 Å². The zero-order valence-corrected chi connectivity index (χ0v) is 5.90. The molecule has 1 aromatic rings. The summed E-state index contributed by atoms with van der Waals surface area (Å²) < 4.78 is 0. The average Bonchev–Trinajstić information content (AvgIpc) is 2.03. The number of hydrogen-bond donors (Lipinski definition) is 1. The van der Waals surface area contributed by atoms with Crippen LogP contribution in [0.4, 0.5) is 0 Å². The Labute approximate surface area is 81.9 Å². The second kappa shape index (κ2) is 5.60. The molecule has 0 spiro atoms. The average molecular weight is 225 g/mol. The molecule has 0 fully saturated rings. The van der Waals surface area contributed by atoms with Crippen LogP contribution >= 0.6 is 0 Å². The monoisotopic (exact) mass is 226 g/mol. The first kappa shape index (κ1) is 11.0. The van der Waals surface area contributed by atoms with E-state index in [0.717, 1.165) is 11.6 Å². The molecule has 0 bridgehead atoms. The molecule has 0 aromatic heterocycles. The summed E-state index contributed by atoms with van der Waals surface area (Å²) >= 11 is 0. The first-order valence-corrected chi connectivity index (χ1v) is 3.25. The summed E-state index contributed by atoms with van der Waals surface area (Å²) in [5.41, 5.74) is 0.898. The Hall–Kier alpha value is -1.03. The van der Waals surface area contributed by atoms with E-state index in [1.807, 2.05) is 30.3 Å². The predicted molar refractivity (Wildman–Crippen MR) is 54.4 cm³/mol. The van der Waals surface area contributed by atoms with Crippen molar-refractivity contribution in [2.45, 2.75) is 0 Å². The second-order valence-corrected chi connectivity index (χ2v) is 2.08. The van der Waals surface area contributed by atoms with E-state index in [1.54, 1.807) is 6.08 Å². The van der Waals surface area contributed by atoms with Crippen LogP contribution in [0.2, 0.25) is 0 Å². The first-order valence-electron chi connectivity index (χ1n) is 3.25. The van der Waals surface area contributed by atoms with Crippen molar-refractivity contribution in [3.63, 3.8) is 0 Å². The van der Waals surface area contributed by atoms with Gasteiger partial charge in [-0.05, 0) is 11.6 Å². The van der Waals surface area contributed by atoms with E-state index < -0.39 is 5.97 Å². The molecule has 2 nitrogen and oxygen atoms in total. The third kappa shape index (κ3) is 3.98. The topological polar surface area (TPSA) is 37.3 Å². The quantitative estimate of drug-likeness (QED) is 0.581. The first-order chi connectivity index (χ1) is 5.29. The molecule has 1 N–H and O–H groups in total. The number of carboxylic acid groups (broad SMARTS) is 1. The van der Waals surface area contributed by atoms with Crippen molar-refractivity contribution in [1.82, 2.24) is 0 Å². The summed E-state index contributed by atoms with van der Waals surface area (Å²) in [7, 11) is 0. The van der Waals surface area contributed by atoms with Gasteiger partial charge in [-0.3, -0.25) is 0 Å². The van der Waals surface area contributed by atoms with Crippen molar-refractivity contribution in [2.24, 2.45) is 0 Å². The Morgan fingerprint density at radius 2 is 1.83 bits per heavy atom. The van der Waals surface area contributed by atoms with Gasteiger partial charge in [-0.15, -0.1) is 0 Å². The van der Waals surface area contributed by atoms with Crippen molar-refractivity contribution < 1.29 is 9.90 Å². The Morgan fingerprint density at radius 1 is 1.25 bits per heavy atom. The summed E-state index contributed by atoms with van der Waals surface area (Å²) in [4.78, 5) is 10.1. The molecule has 1 aromatic carbocycles.